The van der Waals surface area contributed by atoms with Gasteiger partial charge in [0.2, 0.25) is 0 Å². The standard InChI is InChI=1S/C11H11NO4/c1-15-7-6-12-9-5-3-2-4-8(9)10(13)16-11(12)14/h2-5H,6-7H2,1H3. The van der Waals surface area contributed by atoms with E-state index in [1.165, 1.54) is 4.57 Å². The fourth-order valence-corrected chi connectivity index (χ4v) is 1.56. The van der Waals surface area contributed by atoms with Crippen LogP contribution in [0.4, 0.5) is 0 Å². The van der Waals surface area contributed by atoms with E-state index in [1.807, 2.05) is 0 Å². The maximum absolute atomic E-state index is 11.5. The van der Waals surface area contributed by atoms with Crippen LogP contribution in [-0.4, -0.2) is 18.3 Å². The van der Waals surface area contributed by atoms with Crippen LogP contribution < -0.4 is 11.4 Å². The highest BCUT2D eigenvalue weighted by molar-refractivity contribution is 5.77. The highest BCUT2D eigenvalue weighted by Crippen LogP contribution is 2.06. The maximum atomic E-state index is 11.5. The number of ether oxygens (including phenoxy) is 1. The number of para-hydroxylation sites is 1. The second kappa shape index (κ2) is 4.32. The summed E-state index contributed by atoms with van der Waals surface area (Å²) >= 11 is 0. The van der Waals surface area contributed by atoms with Gasteiger partial charge in [0.25, 0.3) is 0 Å². The molecule has 0 N–H and O–H groups in total. The van der Waals surface area contributed by atoms with Crippen molar-refractivity contribution in [3.8, 4) is 0 Å². The quantitative estimate of drug-likeness (QED) is 0.761. The minimum Gasteiger partial charge on any atom is -0.383 e. The van der Waals surface area contributed by atoms with Crippen LogP contribution in [0, 0.1) is 0 Å². The van der Waals surface area contributed by atoms with Crippen molar-refractivity contribution < 1.29 is 9.15 Å². The zero-order chi connectivity index (χ0) is 11.5. The summed E-state index contributed by atoms with van der Waals surface area (Å²) in [5.74, 6) is -0.652. The zero-order valence-electron chi connectivity index (χ0n) is 8.80. The average Bonchev–Trinajstić information content (AvgIpc) is 2.29. The number of hydrogen-bond acceptors (Lipinski definition) is 4. The highest BCUT2D eigenvalue weighted by Gasteiger charge is 2.07. The van der Waals surface area contributed by atoms with Crippen LogP contribution in [0.25, 0.3) is 10.9 Å². The second-order valence-corrected chi connectivity index (χ2v) is 3.32. The molecule has 0 aliphatic carbocycles. The molecule has 16 heavy (non-hydrogen) atoms. The lowest BCUT2D eigenvalue weighted by Crippen LogP contribution is -2.26. The van der Waals surface area contributed by atoms with E-state index in [4.69, 9.17) is 4.74 Å². The molecule has 0 saturated carbocycles. The van der Waals surface area contributed by atoms with E-state index >= 15 is 0 Å². The Morgan fingerprint density at radius 3 is 2.81 bits per heavy atom. The average molecular weight is 221 g/mol. The number of hydrogen-bond donors (Lipinski definition) is 0. The van der Waals surface area contributed by atoms with E-state index in [1.54, 1.807) is 31.4 Å². The number of aromatic nitrogens is 1. The molecule has 0 aliphatic rings. The molecule has 1 aromatic heterocycles. The third kappa shape index (κ3) is 1.77. The normalized spacial score (nSPS) is 10.8. The summed E-state index contributed by atoms with van der Waals surface area (Å²) in [5, 5.41) is 0.401. The molecule has 84 valence electrons. The number of rotatable bonds is 3. The largest absolute Gasteiger partial charge is 0.422 e. The molecule has 0 aliphatic heterocycles. The van der Waals surface area contributed by atoms with Gasteiger partial charge in [-0.15, -0.1) is 0 Å². The Morgan fingerprint density at radius 1 is 1.31 bits per heavy atom. The smallest absolute Gasteiger partial charge is 0.383 e. The third-order valence-corrected chi connectivity index (χ3v) is 2.33. The van der Waals surface area contributed by atoms with Gasteiger partial charge in [-0.05, 0) is 12.1 Å². The van der Waals surface area contributed by atoms with Crippen LogP contribution in [0.3, 0.4) is 0 Å². The van der Waals surface area contributed by atoms with Crippen molar-refractivity contribution in [3.63, 3.8) is 0 Å². The van der Waals surface area contributed by atoms with Crippen molar-refractivity contribution in [2.45, 2.75) is 6.54 Å². The van der Waals surface area contributed by atoms with Crippen molar-refractivity contribution in [3.05, 3.63) is 45.2 Å². The first-order valence-corrected chi connectivity index (χ1v) is 4.85. The van der Waals surface area contributed by atoms with Gasteiger partial charge in [-0.1, -0.05) is 12.1 Å². The van der Waals surface area contributed by atoms with Gasteiger partial charge in [0.05, 0.1) is 24.1 Å². The highest BCUT2D eigenvalue weighted by atomic mass is 16.5. The number of nitrogens with zero attached hydrogens (tertiary/aromatic N) is 1. The molecule has 0 atom stereocenters. The van der Waals surface area contributed by atoms with Crippen molar-refractivity contribution in [2.24, 2.45) is 0 Å². The molecule has 0 unspecified atom stereocenters. The molecule has 1 aromatic carbocycles. The van der Waals surface area contributed by atoms with E-state index in [0.717, 1.165) is 0 Å². The number of fused-ring (bicyclic) bond motifs is 1. The van der Waals surface area contributed by atoms with Gasteiger partial charge in [0.1, 0.15) is 0 Å². The first-order valence-electron chi connectivity index (χ1n) is 4.85. The van der Waals surface area contributed by atoms with Crippen LogP contribution in [0.5, 0.6) is 0 Å². The fourth-order valence-electron chi connectivity index (χ4n) is 1.56. The molecule has 0 radical (unpaired) electrons. The molecule has 0 fully saturated rings. The molecule has 5 nitrogen and oxygen atoms in total. The summed E-state index contributed by atoms with van der Waals surface area (Å²) in [6, 6.07) is 6.84. The molecule has 5 heteroatoms. The Kier molecular flexibility index (Phi) is 2.87. The van der Waals surface area contributed by atoms with E-state index in [9.17, 15) is 9.59 Å². The number of benzene rings is 1. The van der Waals surface area contributed by atoms with Crippen LogP contribution in [0.15, 0.2) is 38.3 Å². The van der Waals surface area contributed by atoms with Crippen molar-refractivity contribution in [1.82, 2.24) is 4.57 Å². The minimum atomic E-state index is -0.652. The molecule has 0 bridgehead atoms. The molecule has 0 saturated heterocycles. The molecule has 2 aromatic rings. The van der Waals surface area contributed by atoms with Crippen molar-refractivity contribution >= 4 is 10.9 Å². The number of methoxy groups -OCH3 is 1. The van der Waals surface area contributed by atoms with Gasteiger partial charge in [-0.3, -0.25) is 4.57 Å². The first kappa shape index (κ1) is 10.6. The first-order chi connectivity index (χ1) is 7.74. The topological polar surface area (TPSA) is 61.4 Å². The van der Waals surface area contributed by atoms with Gasteiger partial charge in [-0.2, -0.15) is 0 Å². The van der Waals surface area contributed by atoms with E-state index < -0.39 is 11.4 Å². The molecular weight excluding hydrogens is 210 g/mol. The Balaban J connectivity index is 2.72. The summed E-state index contributed by atoms with van der Waals surface area (Å²) in [6.07, 6.45) is 0. The molecular formula is C11H11NO4. The van der Waals surface area contributed by atoms with E-state index in [2.05, 4.69) is 4.42 Å². The maximum Gasteiger partial charge on any atom is 0.422 e. The fraction of sp³-hybridized carbons (Fsp3) is 0.273. The van der Waals surface area contributed by atoms with E-state index in [-0.39, 0.29) is 0 Å². The van der Waals surface area contributed by atoms with Crippen LogP contribution in [-0.2, 0) is 11.3 Å². The van der Waals surface area contributed by atoms with E-state index in [0.29, 0.717) is 24.1 Å². The lowest BCUT2D eigenvalue weighted by Gasteiger charge is -2.06. The summed E-state index contributed by atoms with van der Waals surface area (Å²) < 4.78 is 10.9. The van der Waals surface area contributed by atoms with Crippen molar-refractivity contribution in [1.29, 1.82) is 0 Å². The molecule has 2 rings (SSSR count). The Hall–Kier alpha value is -1.88. The molecule has 0 spiro atoms. The lowest BCUT2D eigenvalue weighted by atomic mass is 10.2. The van der Waals surface area contributed by atoms with Gasteiger partial charge < -0.3 is 9.15 Å². The zero-order valence-corrected chi connectivity index (χ0v) is 8.80. The minimum absolute atomic E-state index is 0.361. The predicted molar refractivity (Wildman–Crippen MR) is 58.6 cm³/mol. The Labute approximate surface area is 90.9 Å². The predicted octanol–water partition coefficient (Wildman–Crippen LogP) is 0.601. The summed E-state index contributed by atoms with van der Waals surface area (Å²) in [7, 11) is 1.55. The van der Waals surface area contributed by atoms with Crippen LogP contribution in [0.1, 0.15) is 0 Å². The van der Waals surface area contributed by atoms with Gasteiger partial charge >= 0.3 is 11.4 Å². The van der Waals surface area contributed by atoms with Crippen molar-refractivity contribution in [2.75, 3.05) is 13.7 Å². The second-order valence-electron chi connectivity index (χ2n) is 3.32. The molecule has 1 heterocycles. The summed E-state index contributed by atoms with van der Waals surface area (Å²) in [6.45, 7) is 0.747. The summed E-state index contributed by atoms with van der Waals surface area (Å²) in [5.41, 5.74) is -0.0323. The SMILES string of the molecule is COCCn1c(=O)oc(=O)c2ccccc21. The monoisotopic (exact) mass is 221 g/mol. The Morgan fingerprint density at radius 2 is 2.06 bits per heavy atom. The summed E-state index contributed by atoms with van der Waals surface area (Å²) in [4.78, 5) is 22.9. The van der Waals surface area contributed by atoms with Crippen LogP contribution in [0.2, 0.25) is 0 Å². The molecule has 0 amide bonds. The third-order valence-electron chi connectivity index (χ3n) is 2.33. The Bertz CT molecular complexity index is 611. The van der Waals surface area contributed by atoms with Gasteiger partial charge in [-0.25, -0.2) is 9.59 Å². The lowest BCUT2D eigenvalue weighted by molar-refractivity contribution is 0.184. The van der Waals surface area contributed by atoms with Gasteiger partial charge in [0, 0.05) is 7.11 Å². The van der Waals surface area contributed by atoms with Gasteiger partial charge in [0.15, 0.2) is 0 Å². The van der Waals surface area contributed by atoms with Crippen LogP contribution >= 0.6 is 0 Å².